The van der Waals surface area contributed by atoms with Gasteiger partial charge in [0.25, 0.3) is 0 Å². The topological polar surface area (TPSA) is 22.1 Å². The second kappa shape index (κ2) is 5.77. The first-order chi connectivity index (χ1) is 9.85. The molecule has 20 heavy (non-hydrogen) atoms. The lowest BCUT2D eigenvalue weighted by atomic mass is 10.2. The first-order valence-corrected chi connectivity index (χ1v) is 7.27. The summed E-state index contributed by atoms with van der Waals surface area (Å²) >= 11 is 1.59. The number of aromatic nitrogens is 1. The maximum atomic E-state index is 5.50. The average Bonchev–Trinajstić information content (AvgIpc) is 2.89. The molecule has 1 aromatic heterocycles. The van der Waals surface area contributed by atoms with E-state index in [2.05, 4.69) is 16.8 Å². The molecule has 3 aromatic rings. The van der Waals surface area contributed by atoms with Crippen molar-refractivity contribution in [1.29, 1.82) is 0 Å². The van der Waals surface area contributed by atoms with E-state index in [0.29, 0.717) is 6.61 Å². The van der Waals surface area contributed by atoms with Gasteiger partial charge in [-0.05, 0) is 43.2 Å². The van der Waals surface area contributed by atoms with Crippen molar-refractivity contribution >= 4 is 21.6 Å². The van der Waals surface area contributed by atoms with E-state index >= 15 is 0 Å². The number of fused-ring (bicyclic) bond motifs is 1. The third-order valence-corrected chi connectivity index (χ3v) is 3.69. The summed E-state index contributed by atoms with van der Waals surface area (Å²) in [4.78, 5) is 4.52. The largest absolute Gasteiger partial charge is 0.494 e. The molecule has 0 N–H and O–H groups in total. The molecule has 0 amide bonds. The van der Waals surface area contributed by atoms with Crippen molar-refractivity contribution in [3.05, 3.63) is 59.1 Å². The van der Waals surface area contributed by atoms with Gasteiger partial charge in [0.2, 0.25) is 0 Å². The zero-order valence-corrected chi connectivity index (χ0v) is 11.9. The maximum absolute atomic E-state index is 5.50. The van der Waals surface area contributed by atoms with Gasteiger partial charge >= 0.3 is 0 Å². The van der Waals surface area contributed by atoms with Crippen molar-refractivity contribution in [3.8, 4) is 17.6 Å². The SMILES string of the molecule is CCOc1ccc2nc(C#Cc3ccccc3)sc2c1. The normalized spacial score (nSPS) is 10.1. The molecule has 3 heteroatoms. The lowest BCUT2D eigenvalue weighted by molar-refractivity contribution is 0.341. The molecule has 1 heterocycles. The molecule has 0 bridgehead atoms. The molecule has 0 saturated carbocycles. The van der Waals surface area contributed by atoms with E-state index in [-0.39, 0.29) is 0 Å². The zero-order chi connectivity index (χ0) is 13.8. The molecular weight excluding hydrogens is 266 g/mol. The van der Waals surface area contributed by atoms with Crippen LogP contribution in [0.1, 0.15) is 17.5 Å². The van der Waals surface area contributed by atoms with E-state index in [4.69, 9.17) is 4.74 Å². The molecular formula is C17H13NOS. The van der Waals surface area contributed by atoms with Crippen LogP contribution in [0.15, 0.2) is 48.5 Å². The van der Waals surface area contributed by atoms with Crippen LogP contribution < -0.4 is 4.74 Å². The molecule has 3 rings (SSSR count). The fraction of sp³-hybridized carbons (Fsp3) is 0.118. The van der Waals surface area contributed by atoms with E-state index in [1.165, 1.54) is 0 Å². The minimum absolute atomic E-state index is 0.672. The van der Waals surface area contributed by atoms with Crippen molar-refractivity contribution < 1.29 is 4.74 Å². The van der Waals surface area contributed by atoms with Crippen LogP contribution in [0, 0.1) is 11.8 Å². The zero-order valence-electron chi connectivity index (χ0n) is 11.1. The second-order valence-electron chi connectivity index (χ2n) is 4.20. The molecule has 0 atom stereocenters. The molecule has 0 saturated heterocycles. The number of nitrogens with zero attached hydrogens (tertiary/aromatic N) is 1. The van der Waals surface area contributed by atoms with Crippen molar-refractivity contribution in [2.75, 3.05) is 6.61 Å². The van der Waals surface area contributed by atoms with Crippen molar-refractivity contribution in [1.82, 2.24) is 4.98 Å². The monoisotopic (exact) mass is 279 g/mol. The van der Waals surface area contributed by atoms with Crippen molar-refractivity contribution in [2.24, 2.45) is 0 Å². The van der Waals surface area contributed by atoms with Crippen LogP contribution >= 0.6 is 11.3 Å². The van der Waals surface area contributed by atoms with Gasteiger partial charge in [0.1, 0.15) is 5.75 Å². The van der Waals surface area contributed by atoms with Crippen LogP contribution in [0.3, 0.4) is 0 Å². The van der Waals surface area contributed by atoms with Crippen LogP contribution in [-0.4, -0.2) is 11.6 Å². The number of rotatable bonds is 2. The highest BCUT2D eigenvalue weighted by atomic mass is 32.1. The van der Waals surface area contributed by atoms with Gasteiger partial charge < -0.3 is 4.74 Å². The van der Waals surface area contributed by atoms with Crippen LogP contribution in [0.25, 0.3) is 10.2 Å². The summed E-state index contributed by atoms with van der Waals surface area (Å²) in [6, 6.07) is 15.9. The smallest absolute Gasteiger partial charge is 0.168 e. The van der Waals surface area contributed by atoms with E-state index in [0.717, 1.165) is 26.5 Å². The molecule has 0 unspecified atom stereocenters. The Bertz CT molecular complexity index is 781. The molecule has 98 valence electrons. The summed E-state index contributed by atoms with van der Waals surface area (Å²) in [5.41, 5.74) is 1.97. The van der Waals surface area contributed by atoms with Gasteiger partial charge in [-0.3, -0.25) is 0 Å². The number of ether oxygens (including phenoxy) is 1. The van der Waals surface area contributed by atoms with E-state index in [1.807, 2.05) is 55.5 Å². The summed E-state index contributed by atoms with van der Waals surface area (Å²) in [5.74, 6) is 7.13. The van der Waals surface area contributed by atoms with Gasteiger partial charge in [-0.25, -0.2) is 4.98 Å². The number of benzene rings is 2. The van der Waals surface area contributed by atoms with Gasteiger partial charge in [-0.1, -0.05) is 24.1 Å². The summed E-state index contributed by atoms with van der Waals surface area (Å²) in [5, 5.41) is 0.831. The third kappa shape index (κ3) is 2.81. The fourth-order valence-corrected chi connectivity index (χ4v) is 2.71. The highest BCUT2D eigenvalue weighted by Gasteiger charge is 2.03. The highest BCUT2D eigenvalue weighted by molar-refractivity contribution is 7.19. The fourth-order valence-electron chi connectivity index (χ4n) is 1.86. The van der Waals surface area contributed by atoms with Gasteiger partial charge in [-0.15, -0.1) is 11.3 Å². The van der Waals surface area contributed by atoms with Crippen LogP contribution in [0.5, 0.6) is 5.75 Å². The average molecular weight is 279 g/mol. The molecule has 0 radical (unpaired) electrons. The van der Waals surface area contributed by atoms with Crippen LogP contribution in [0.2, 0.25) is 0 Å². The Kier molecular flexibility index (Phi) is 3.67. The van der Waals surface area contributed by atoms with Crippen molar-refractivity contribution in [3.63, 3.8) is 0 Å². The molecule has 2 aromatic carbocycles. The van der Waals surface area contributed by atoms with E-state index in [1.54, 1.807) is 11.3 Å². The van der Waals surface area contributed by atoms with Gasteiger partial charge in [0, 0.05) is 5.56 Å². The van der Waals surface area contributed by atoms with E-state index in [9.17, 15) is 0 Å². The third-order valence-electron chi connectivity index (χ3n) is 2.76. The minimum Gasteiger partial charge on any atom is -0.494 e. The number of hydrogen-bond donors (Lipinski definition) is 0. The summed E-state index contributed by atoms with van der Waals surface area (Å²) < 4.78 is 6.60. The quantitative estimate of drug-likeness (QED) is 0.659. The molecule has 0 fully saturated rings. The summed E-state index contributed by atoms with van der Waals surface area (Å²) in [6.45, 7) is 2.65. The Morgan fingerprint density at radius 2 is 1.95 bits per heavy atom. The first-order valence-electron chi connectivity index (χ1n) is 6.45. The molecule has 0 aliphatic rings. The van der Waals surface area contributed by atoms with Gasteiger partial charge in [0.05, 0.1) is 16.8 Å². The predicted molar refractivity (Wildman–Crippen MR) is 83.2 cm³/mol. The van der Waals surface area contributed by atoms with E-state index < -0.39 is 0 Å². The summed E-state index contributed by atoms with van der Waals surface area (Å²) in [6.07, 6.45) is 0. The molecule has 0 spiro atoms. The second-order valence-corrected chi connectivity index (χ2v) is 5.23. The number of thiazole rings is 1. The maximum Gasteiger partial charge on any atom is 0.168 e. The summed E-state index contributed by atoms with van der Waals surface area (Å²) in [7, 11) is 0. The molecule has 0 aliphatic carbocycles. The predicted octanol–water partition coefficient (Wildman–Crippen LogP) is 4.09. The lowest BCUT2D eigenvalue weighted by Gasteiger charge is -2.00. The van der Waals surface area contributed by atoms with Crippen LogP contribution in [0.4, 0.5) is 0 Å². The Morgan fingerprint density at radius 1 is 1.10 bits per heavy atom. The standard InChI is InChI=1S/C17H13NOS/c1-2-19-14-9-10-15-16(12-14)20-17(18-15)11-8-13-6-4-3-5-7-13/h3-7,9-10,12H,2H2,1H3. The minimum atomic E-state index is 0.672. The Labute approximate surface area is 122 Å². The Morgan fingerprint density at radius 3 is 2.75 bits per heavy atom. The Hall–Kier alpha value is -2.31. The highest BCUT2D eigenvalue weighted by Crippen LogP contribution is 2.26. The lowest BCUT2D eigenvalue weighted by Crippen LogP contribution is -1.89. The van der Waals surface area contributed by atoms with Gasteiger partial charge in [-0.2, -0.15) is 0 Å². The Balaban J connectivity index is 1.92. The van der Waals surface area contributed by atoms with Crippen LogP contribution in [-0.2, 0) is 0 Å². The van der Waals surface area contributed by atoms with Gasteiger partial charge in [0.15, 0.2) is 5.01 Å². The first kappa shape index (κ1) is 12.7. The molecule has 0 aliphatic heterocycles. The molecule has 2 nitrogen and oxygen atoms in total. The number of hydrogen-bond acceptors (Lipinski definition) is 3. The van der Waals surface area contributed by atoms with Crippen molar-refractivity contribution in [2.45, 2.75) is 6.92 Å².